The molecule has 0 spiro atoms. The quantitative estimate of drug-likeness (QED) is 0.891. The highest BCUT2D eigenvalue weighted by atomic mass is 79.9. The molecule has 0 unspecified atom stereocenters. The molecule has 3 heterocycles. The molecular formula is C16H21BrN3O+. The van der Waals surface area contributed by atoms with Gasteiger partial charge in [0.25, 0.3) is 5.56 Å². The lowest BCUT2D eigenvalue weighted by atomic mass is 9.92. The molecule has 2 aromatic rings. The zero-order valence-corrected chi connectivity index (χ0v) is 14.1. The standard InChI is InChI=1S/C16H20BrN3O/c1-11-5-12(2)8-19(7-11)10-14-6-16(21)20-9-13(17)3-4-15(20)18-14/h3-4,6,9,11-12H,5,7-8,10H2,1-2H3/p+1/t11-,12-/m0/s1. The number of piperidine rings is 1. The minimum absolute atomic E-state index is 0.00573. The van der Waals surface area contributed by atoms with Gasteiger partial charge >= 0.3 is 0 Å². The van der Waals surface area contributed by atoms with Crippen molar-refractivity contribution in [1.82, 2.24) is 9.38 Å². The lowest BCUT2D eigenvalue weighted by Crippen LogP contribution is -3.13. The zero-order chi connectivity index (χ0) is 15.0. The molecular weight excluding hydrogens is 330 g/mol. The van der Waals surface area contributed by atoms with Crippen LogP contribution >= 0.6 is 15.9 Å². The van der Waals surface area contributed by atoms with E-state index >= 15 is 0 Å². The molecule has 0 bridgehead atoms. The van der Waals surface area contributed by atoms with E-state index in [-0.39, 0.29) is 5.56 Å². The first-order valence-corrected chi connectivity index (χ1v) is 8.32. The highest BCUT2D eigenvalue weighted by molar-refractivity contribution is 9.10. The van der Waals surface area contributed by atoms with E-state index < -0.39 is 0 Å². The van der Waals surface area contributed by atoms with Crippen LogP contribution < -0.4 is 10.5 Å². The maximum atomic E-state index is 12.2. The lowest BCUT2D eigenvalue weighted by molar-refractivity contribution is -0.926. The summed E-state index contributed by atoms with van der Waals surface area (Å²) < 4.78 is 2.47. The Morgan fingerprint density at radius 1 is 1.33 bits per heavy atom. The predicted molar refractivity (Wildman–Crippen MR) is 86.5 cm³/mol. The smallest absolute Gasteiger partial charge is 0.258 e. The number of nitrogens with one attached hydrogen (secondary N) is 1. The summed E-state index contributed by atoms with van der Waals surface area (Å²) in [6.07, 6.45) is 3.08. The van der Waals surface area contributed by atoms with Crippen molar-refractivity contribution in [3.05, 3.63) is 44.9 Å². The van der Waals surface area contributed by atoms with Gasteiger partial charge in [-0.05, 0) is 34.5 Å². The number of halogens is 1. The van der Waals surface area contributed by atoms with E-state index in [1.165, 1.54) is 24.4 Å². The summed E-state index contributed by atoms with van der Waals surface area (Å²) >= 11 is 3.39. The molecule has 0 amide bonds. The van der Waals surface area contributed by atoms with Crippen LogP contribution in [-0.2, 0) is 6.54 Å². The Morgan fingerprint density at radius 3 is 2.76 bits per heavy atom. The second-order valence-electron chi connectivity index (χ2n) is 6.44. The molecule has 3 rings (SSSR count). The van der Waals surface area contributed by atoms with Gasteiger partial charge in [0.15, 0.2) is 0 Å². The summed E-state index contributed by atoms with van der Waals surface area (Å²) in [7, 11) is 0. The number of likely N-dealkylation sites (tertiary alicyclic amines) is 1. The van der Waals surface area contributed by atoms with Gasteiger partial charge in [-0.15, -0.1) is 0 Å². The highest BCUT2D eigenvalue weighted by Gasteiger charge is 2.25. The van der Waals surface area contributed by atoms with E-state index in [9.17, 15) is 4.79 Å². The van der Waals surface area contributed by atoms with E-state index in [4.69, 9.17) is 0 Å². The van der Waals surface area contributed by atoms with E-state index in [2.05, 4.69) is 34.8 Å². The maximum absolute atomic E-state index is 12.2. The Labute approximate surface area is 132 Å². The predicted octanol–water partition coefficient (Wildman–Crippen LogP) is 1.52. The maximum Gasteiger partial charge on any atom is 0.258 e. The topological polar surface area (TPSA) is 38.8 Å². The third-order valence-corrected chi connectivity index (χ3v) is 4.66. The van der Waals surface area contributed by atoms with Crippen molar-refractivity contribution in [2.75, 3.05) is 13.1 Å². The van der Waals surface area contributed by atoms with Crippen molar-refractivity contribution < 1.29 is 4.90 Å². The molecule has 1 aliphatic rings. The number of hydrogen-bond donors (Lipinski definition) is 1. The minimum atomic E-state index is -0.00573. The van der Waals surface area contributed by atoms with Crippen molar-refractivity contribution >= 4 is 21.6 Å². The van der Waals surface area contributed by atoms with Crippen molar-refractivity contribution in [1.29, 1.82) is 0 Å². The second-order valence-corrected chi connectivity index (χ2v) is 7.36. The van der Waals surface area contributed by atoms with Crippen molar-refractivity contribution in [2.45, 2.75) is 26.8 Å². The van der Waals surface area contributed by atoms with Gasteiger partial charge in [0.2, 0.25) is 0 Å². The molecule has 1 fully saturated rings. The van der Waals surface area contributed by atoms with Gasteiger partial charge in [-0.1, -0.05) is 13.8 Å². The Kier molecular flexibility index (Phi) is 4.13. The fourth-order valence-corrected chi connectivity index (χ4v) is 3.88. The number of hydrogen-bond acceptors (Lipinski definition) is 2. The molecule has 0 radical (unpaired) electrons. The summed E-state index contributed by atoms with van der Waals surface area (Å²) in [5.41, 5.74) is 1.62. The van der Waals surface area contributed by atoms with Crippen LogP contribution in [-0.4, -0.2) is 22.5 Å². The van der Waals surface area contributed by atoms with Gasteiger partial charge in [0, 0.05) is 28.6 Å². The lowest BCUT2D eigenvalue weighted by Gasteiger charge is -2.31. The van der Waals surface area contributed by atoms with Crippen LogP contribution in [0.25, 0.3) is 5.65 Å². The summed E-state index contributed by atoms with van der Waals surface area (Å²) in [4.78, 5) is 18.4. The van der Waals surface area contributed by atoms with Gasteiger partial charge in [-0.25, -0.2) is 4.98 Å². The zero-order valence-electron chi connectivity index (χ0n) is 12.5. The number of nitrogens with zero attached hydrogens (tertiary/aromatic N) is 2. The van der Waals surface area contributed by atoms with Crippen LogP contribution in [0.1, 0.15) is 26.0 Å². The summed E-state index contributed by atoms with van der Waals surface area (Å²) in [6.45, 7) is 7.82. The molecule has 0 saturated carbocycles. The largest absolute Gasteiger partial charge is 0.329 e. The third kappa shape index (κ3) is 3.35. The molecule has 112 valence electrons. The number of aromatic nitrogens is 2. The fourth-order valence-electron chi connectivity index (χ4n) is 3.54. The van der Waals surface area contributed by atoms with Gasteiger partial charge in [-0.3, -0.25) is 9.20 Å². The Bertz CT molecular complexity index is 702. The number of rotatable bonds is 2. The molecule has 1 aliphatic heterocycles. The van der Waals surface area contributed by atoms with Gasteiger partial charge < -0.3 is 4.90 Å². The summed E-state index contributed by atoms with van der Waals surface area (Å²) in [6, 6.07) is 5.48. The first kappa shape index (κ1) is 14.7. The molecule has 1 N–H and O–H groups in total. The molecule has 0 aliphatic carbocycles. The number of fused-ring (bicyclic) bond motifs is 1. The van der Waals surface area contributed by atoms with Crippen LogP contribution in [0.15, 0.2) is 33.7 Å². The van der Waals surface area contributed by atoms with Crippen molar-refractivity contribution in [3.8, 4) is 0 Å². The molecule has 21 heavy (non-hydrogen) atoms. The van der Waals surface area contributed by atoms with Crippen molar-refractivity contribution in [2.24, 2.45) is 11.8 Å². The fraction of sp³-hybridized carbons (Fsp3) is 0.500. The van der Waals surface area contributed by atoms with Crippen LogP contribution in [0, 0.1) is 11.8 Å². The Hall–Kier alpha value is -1.20. The Morgan fingerprint density at radius 2 is 2.05 bits per heavy atom. The van der Waals surface area contributed by atoms with E-state index in [1.807, 2.05) is 12.1 Å². The number of pyridine rings is 1. The Balaban J connectivity index is 1.87. The summed E-state index contributed by atoms with van der Waals surface area (Å²) in [5, 5.41) is 0. The van der Waals surface area contributed by atoms with Crippen molar-refractivity contribution in [3.63, 3.8) is 0 Å². The first-order valence-electron chi connectivity index (χ1n) is 7.52. The van der Waals surface area contributed by atoms with Crippen LogP contribution in [0.2, 0.25) is 0 Å². The average molecular weight is 351 g/mol. The van der Waals surface area contributed by atoms with Crippen LogP contribution in [0.5, 0.6) is 0 Å². The molecule has 2 atom stereocenters. The van der Waals surface area contributed by atoms with Crippen LogP contribution in [0.4, 0.5) is 0 Å². The normalized spacial score (nSPS) is 26.1. The molecule has 0 aromatic carbocycles. The second kappa shape index (κ2) is 5.89. The number of quaternary nitrogens is 1. The molecule has 1 saturated heterocycles. The van der Waals surface area contributed by atoms with Crippen LogP contribution in [0.3, 0.4) is 0 Å². The van der Waals surface area contributed by atoms with Gasteiger partial charge in [-0.2, -0.15) is 0 Å². The minimum Gasteiger partial charge on any atom is -0.329 e. The van der Waals surface area contributed by atoms with E-state index in [0.717, 1.165) is 34.2 Å². The van der Waals surface area contributed by atoms with Gasteiger partial charge in [0.1, 0.15) is 17.9 Å². The van der Waals surface area contributed by atoms with E-state index in [0.29, 0.717) is 0 Å². The summed E-state index contributed by atoms with van der Waals surface area (Å²) in [5.74, 6) is 1.50. The van der Waals surface area contributed by atoms with Gasteiger partial charge in [0.05, 0.1) is 13.1 Å². The molecule has 2 aromatic heterocycles. The highest BCUT2D eigenvalue weighted by Crippen LogP contribution is 2.13. The van der Waals surface area contributed by atoms with E-state index in [1.54, 1.807) is 16.7 Å². The SMILES string of the molecule is C[C@H]1C[C@H](C)C[NH+](Cc2cc(=O)n3cc(Br)ccc3n2)C1. The first-order chi connectivity index (χ1) is 10.0. The molecule has 4 nitrogen and oxygen atoms in total. The average Bonchev–Trinajstić information content (AvgIpc) is 2.38. The molecule has 5 heteroatoms. The third-order valence-electron chi connectivity index (χ3n) is 4.19. The monoisotopic (exact) mass is 350 g/mol.